The number of carbonyl (C=O) groups is 2. The highest BCUT2D eigenvalue weighted by molar-refractivity contribution is 7.89. The Labute approximate surface area is 170 Å². The molecule has 0 spiro atoms. The van der Waals surface area contributed by atoms with E-state index in [2.05, 4.69) is 10.9 Å². The zero-order chi connectivity index (χ0) is 21.2. The first-order valence-corrected chi connectivity index (χ1v) is 10.9. The number of hydrogen-bond acceptors (Lipinski definition) is 5. The maximum absolute atomic E-state index is 12.8. The van der Waals surface area contributed by atoms with Crippen LogP contribution in [-0.2, 0) is 10.0 Å². The van der Waals surface area contributed by atoms with E-state index in [0.29, 0.717) is 23.6 Å². The Kier molecular flexibility index (Phi) is 6.09. The molecule has 0 saturated carbocycles. The Morgan fingerprint density at radius 1 is 1.07 bits per heavy atom. The summed E-state index contributed by atoms with van der Waals surface area (Å²) in [6.07, 6.45) is 2.71. The van der Waals surface area contributed by atoms with Gasteiger partial charge in [0.05, 0.1) is 10.5 Å². The van der Waals surface area contributed by atoms with E-state index in [4.69, 9.17) is 4.42 Å². The molecular formula is C20H25N3O5S. The van der Waals surface area contributed by atoms with Gasteiger partial charge in [0.25, 0.3) is 11.8 Å². The van der Waals surface area contributed by atoms with E-state index in [9.17, 15) is 18.0 Å². The van der Waals surface area contributed by atoms with Crippen molar-refractivity contribution >= 4 is 21.8 Å². The predicted molar refractivity (Wildman–Crippen MR) is 107 cm³/mol. The largest absolute Gasteiger partial charge is 0.466 e. The Morgan fingerprint density at radius 2 is 1.72 bits per heavy atom. The lowest BCUT2D eigenvalue weighted by Crippen LogP contribution is -2.42. The Balaban J connectivity index is 1.65. The molecule has 29 heavy (non-hydrogen) atoms. The molecule has 1 atom stereocenters. The van der Waals surface area contributed by atoms with Gasteiger partial charge in [-0.1, -0.05) is 6.42 Å². The number of benzene rings is 1. The standard InChI is InChI=1S/C20H25N3O5S/c1-13-6-4-5-11-23(13)29(26,27)17-9-7-16(8-10-17)19(24)21-22-20(25)18-12-14(2)28-15(18)3/h7-10,12-13H,4-6,11H2,1-3H3,(H,21,24)(H,22,25)/t13-/m1/s1. The molecule has 8 nitrogen and oxygen atoms in total. The van der Waals surface area contributed by atoms with Crippen LogP contribution < -0.4 is 10.9 Å². The highest BCUT2D eigenvalue weighted by Gasteiger charge is 2.30. The first-order valence-electron chi connectivity index (χ1n) is 9.50. The molecule has 9 heteroatoms. The number of carbonyl (C=O) groups excluding carboxylic acids is 2. The van der Waals surface area contributed by atoms with Gasteiger partial charge >= 0.3 is 0 Å². The van der Waals surface area contributed by atoms with Gasteiger partial charge in [0.2, 0.25) is 10.0 Å². The molecule has 1 saturated heterocycles. The van der Waals surface area contributed by atoms with Crippen molar-refractivity contribution in [1.29, 1.82) is 0 Å². The van der Waals surface area contributed by atoms with Crippen molar-refractivity contribution < 1.29 is 22.4 Å². The lowest BCUT2D eigenvalue weighted by Gasteiger charge is -2.32. The third-order valence-corrected chi connectivity index (χ3v) is 7.07. The third kappa shape index (κ3) is 4.51. The number of hydrazine groups is 1. The van der Waals surface area contributed by atoms with Crippen molar-refractivity contribution in [2.45, 2.75) is 51.0 Å². The molecule has 2 N–H and O–H groups in total. The van der Waals surface area contributed by atoms with Crippen LogP contribution in [0.25, 0.3) is 0 Å². The molecule has 156 valence electrons. The maximum atomic E-state index is 12.8. The molecule has 1 fully saturated rings. The summed E-state index contributed by atoms with van der Waals surface area (Å²) in [5, 5.41) is 0. The number of nitrogens with one attached hydrogen (secondary N) is 2. The molecule has 1 aliphatic rings. The van der Waals surface area contributed by atoms with Crippen LogP contribution in [0.1, 0.15) is 58.4 Å². The van der Waals surface area contributed by atoms with E-state index in [1.54, 1.807) is 19.9 Å². The first kappa shape index (κ1) is 21.1. The van der Waals surface area contributed by atoms with E-state index in [0.717, 1.165) is 19.3 Å². The fourth-order valence-electron chi connectivity index (χ4n) is 3.45. The molecule has 0 radical (unpaired) electrons. The molecule has 3 rings (SSSR count). The fraction of sp³-hybridized carbons (Fsp3) is 0.400. The molecule has 1 aromatic heterocycles. The lowest BCUT2D eigenvalue weighted by atomic mass is 10.1. The zero-order valence-corrected chi connectivity index (χ0v) is 17.5. The van der Waals surface area contributed by atoms with Crippen molar-refractivity contribution in [2.75, 3.05) is 6.54 Å². The topological polar surface area (TPSA) is 109 Å². The molecule has 2 aromatic rings. The van der Waals surface area contributed by atoms with Gasteiger partial charge in [-0.25, -0.2) is 8.42 Å². The Hall–Kier alpha value is -2.65. The van der Waals surface area contributed by atoms with Gasteiger partial charge < -0.3 is 4.42 Å². The summed E-state index contributed by atoms with van der Waals surface area (Å²) in [4.78, 5) is 24.6. The van der Waals surface area contributed by atoms with Crippen LogP contribution >= 0.6 is 0 Å². The summed E-state index contributed by atoms with van der Waals surface area (Å²) < 4.78 is 32.5. The molecule has 2 heterocycles. The van der Waals surface area contributed by atoms with Gasteiger partial charge in [0.1, 0.15) is 11.5 Å². The first-order chi connectivity index (χ1) is 13.7. The second-order valence-electron chi connectivity index (χ2n) is 7.22. The highest BCUT2D eigenvalue weighted by atomic mass is 32.2. The van der Waals surface area contributed by atoms with Crippen molar-refractivity contribution in [3.05, 3.63) is 53.0 Å². The Bertz CT molecular complexity index is 1010. The lowest BCUT2D eigenvalue weighted by molar-refractivity contribution is 0.0845. The minimum absolute atomic E-state index is 0.0399. The quantitative estimate of drug-likeness (QED) is 0.741. The minimum Gasteiger partial charge on any atom is -0.466 e. The van der Waals surface area contributed by atoms with Gasteiger partial charge in [-0.15, -0.1) is 0 Å². The monoisotopic (exact) mass is 419 g/mol. The van der Waals surface area contributed by atoms with Crippen molar-refractivity contribution in [2.24, 2.45) is 0 Å². The second-order valence-corrected chi connectivity index (χ2v) is 9.11. The maximum Gasteiger partial charge on any atom is 0.273 e. The van der Waals surface area contributed by atoms with Crippen molar-refractivity contribution in [3.63, 3.8) is 0 Å². The number of aryl methyl sites for hydroxylation is 2. The number of nitrogens with zero attached hydrogens (tertiary/aromatic N) is 1. The van der Waals surface area contributed by atoms with Crippen LogP contribution in [0, 0.1) is 13.8 Å². The fourth-order valence-corrected chi connectivity index (χ4v) is 5.15. The van der Waals surface area contributed by atoms with E-state index >= 15 is 0 Å². The number of sulfonamides is 1. The van der Waals surface area contributed by atoms with Gasteiger partial charge in [0.15, 0.2) is 0 Å². The number of hydrogen-bond donors (Lipinski definition) is 2. The van der Waals surface area contributed by atoms with Crippen LogP contribution in [0.2, 0.25) is 0 Å². The smallest absolute Gasteiger partial charge is 0.273 e. The van der Waals surface area contributed by atoms with Crippen molar-refractivity contribution in [3.8, 4) is 0 Å². The van der Waals surface area contributed by atoms with E-state index < -0.39 is 21.8 Å². The zero-order valence-electron chi connectivity index (χ0n) is 16.7. The van der Waals surface area contributed by atoms with Gasteiger partial charge in [-0.3, -0.25) is 20.4 Å². The molecule has 0 bridgehead atoms. The summed E-state index contributed by atoms with van der Waals surface area (Å²) >= 11 is 0. The van der Waals surface area contributed by atoms with Crippen LogP contribution in [0.5, 0.6) is 0 Å². The van der Waals surface area contributed by atoms with Crippen molar-refractivity contribution in [1.82, 2.24) is 15.2 Å². The number of amides is 2. The van der Waals surface area contributed by atoms with E-state index in [-0.39, 0.29) is 16.5 Å². The van der Waals surface area contributed by atoms with Gasteiger partial charge in [-0.05, 0) is 63.9 Å². The summed E-state index contributed by atoms with van der Waals surface area (Å²) in [6, 6.07) is 7.22. The van der Waals surface area contributed by atoms with Gasteiger partial charge in [-0.2, -0.15) is 4.31 Å². The van der Waals surface area contributed by atoms with E-state index in [1.807, 2.05) is 6.92 Å². The summed E-state index contributed by atoms with van der Waals surface area (Å²) in [6.45, 7) is 5.80. The Morgan fingerprint density at radius 3 is 2.31 bits per heavy atom. The van der Waals surface area contributed by atoms with E-state index in [1.165, 1.54) is 28.6 Å². The minimum atomic E-state index is -3.60. The van der Waals surface area contributed by atoms with Gasteiger partial charge in [0, 0.05) is 18.2 Å². The van der Waals surface area contributed by atoms with Crippen LogP contribution in [0.3, 0.4) is 0 Å². The molecule has 1 aliphatic heterocycles. The molecule has 1 aromatic carbocycles. The third-order valence-electron chi connectivity index (χ3n) is 5.04. The second kappa shape index (κ2) is 8.38. The van der Waals surface area contributed by atoms with Crippen LogP contribution in [0.15, 0.2) is 39.6 Å². The van der Waals surface area contributed by atoms with Crippen LogP contribution in [0.4, 0.5) is 0 Å². The molecule has 2 amide bonds. The average molecular weight is 420 g/mol. The number of rotatable bonds is 4. The molecular weight excluding hydrogens is 394 g/mol. The summed E-state index contributed by atoms with van der Waals surface area (Å²) in [7, 11) is -3.60. The normalized spacial score (nSPS) is 17.7. The predicted octanol–water partition coefficient (Wildman–Crippen LogP) is 2.53. The number of piperidine rings is 1. The highest BCUT2D eigenvalue weighted by Crippen LogP contribution is 2.25. The summed E-state index contributed by atoms with van der Waals surface area (Å²) in [5.74, 6) is 0.00652. The SMILES string of the molecule is Cc1cc(C(=O)NNC(=O)c2ccc(S(=O)(=O)N3CCCC[C@H]3C)cc2)c(C)o1. The molecule has 0 aliphatic carbocycles. The summed E-state index contributed by atoms with van der Waals surface area (Å²) in [5.41, 5.74) is 5.22. The number of furan rings is 1. The molecule has 0 unspecified atom stereocenters. The average Bonchev–Trinajstić information content (AvgIpc) is 3.04. The van der Waals surface area contributed by atoms with Crippen LogP contribution in [-0.4, -0.2) is 37.1 Å².